The molecular weight excluding hydrogens is 290 g/mol. The Balaban J connectivity index is 2.22. The number of rotatable bonds is 4. The smallest absolute Gasteiger partial charge is 0.339 e. The molecule has 1 aromatic carbocycles. The summed E-state index contributed by atoms with van der Waals surface area (Å²) in [6, 6.07) is 7.40. The maximum Gasteiger partial charge on any atom is 0.339 e. The Morgan fingerprint density at radius 1 is 1.43 bits per heavy atom. The number of carboxylic acid groups (broad SMARTS) is 1. The van der Waals surface area contributed by atoms with E-state index in [0.29, 0.717) is 27.7 Å². The fourth-order valence-corrected chi connectivity index (χ4v) is 3.25. The molecule has 108 valence electrons. The van der Waals surface area contributed by atoms with Gasteiger partial charge in [0.25, 0.3) is 0 Å². The molecule has 0 radical (unpaired) electrons. The lowest BCUT2D eigenvalue weighted by molar-refractivity contribution is 0.0699. The molecule has 5 nitrogen and oxygen atoms in total. The number of fused-ring (bicyclic) bond motifs is 1. The Hall–Kier alpha value is -2.47. The molecular formula is C15H13NO4S. The Morgan fingerprint density at radius 3 is 2.90 bits per heavy atom. The molecule has 2 N–H and O–H groups in total. The molecule has 0 amide bonds. The lowest BCUT2D eigenvalue weighted by Crippen LogP contribution is -2.00. The van der Waals surface area contributed by atoms with Gasteiger partial charge in [0.2, 0.25) is 0 Å². The molecule has 3 rings (SSSR count). The third-order valence-electron chi connectivity index (χ3n) is 3.23. The lowest BCUT2D eigenvalue weighted by atomic mass is 10.2. The average Bonchev–Trinajstić information content (AvgIpc) is 3.09. The molecule has 0 fully saturated rings. The van der Waals surface area contributed by atoms with Gasteiger partial charge in [0.05, 0.1) is 17.7 Å². The van der Waals surface area contributed by atoms with Crippen molar-refractivity contribution in [3.05, 3.63) is 35.2 Å². The Labute approximate surface area is 124 Å². The van der Waals surface area contributed by atoms with E-state index in [9.17, 15) is 9.90 Å². The van der Waals surface area contributed by atoms with Crippen LogP contribution in [0.5, 0.6) is 5.75 Å². The summed E-state index contributed by atoms with van der Waals surface area (Å²) in [6.07, 6.45) is 0. The van der Waals surface area contributed by atoms with Gasteiger partial charge in [0.1, 0.15) is 11.3 Å². The number of thiophene rings is 1. The minimum Gasteiger partial charge on any atom is -0.493 e. The van der Waals surface area contributed by atoms with E-state index in [1.54, 1.807) is 25.6 Å². The zero-order valence-corrected chi connectivity index (χ0v) is 12.3. The summed E-state index contributed by atoms with van der Waals surface area (Å²) in [5, 5.41) is 14.9. The highest BCUT2D eigenvalue weighted by molar-refractivity contribution is 7.14. The first kappa shape index (κ1) is 13.5. The van der Waals surface area contributed by atoms with Gasteiger partial charge >= 0.3 is 5.97 Å². The van der Waals surface area contributed by atoms with Crippen molar-refractivity contribution in [2.45, 2.75) is 0 Å². The van der Waals surface area contributed by atoms with Crippen LogP contribution < -0.4 is 10.1 Å². The highest BCUT2D eigenvalue weighted by atomic mass is 32.1. The average molecular weight is 303 g/mol. The first-order valence-electron chi connectivity index (χ1n) is 6.25. The van der Waals surface area contributed by atoms with Crippen LogP contribution in [0.25, 0.3) is 21.6 Å². The minimum atomic E-state index is -0.983. The van der Waals surface area contributed by atoms with E-state index in [0.717, 1.165) is 5.39 Å². The standard InChI is InChI=1S/C15H13NO4S/c1-16-9-7-21-14(12(9)15(17)18)11-6-8-4-3-5-10(19-2)13(8)20-11/h3-7,16H,1-2H3,(H,17,18). The summed E-state index contributed by atoms with van der Waals surface area (Å²) in [6.45, 7) is 0. The van der Waals surface area contributed by atoms with Crippen LogP contribution in [-0.2, 0) is 0 Å². The van der Waals surface area contributed by atoms with Crippen LogP contribution in [0.1, 0.15) is 10.4 Å². The van der Waals surface area contributed by atoms with Crippen molar-refractivity contribution >= 4 is 34.0 Å². The van der Waals surface area contributed by atoms with Gasteiger partial charge in [-0.1, -0.05) is 12.1 Å². The summed E-state index contributed by atoms with van der Waals surface area (Å²) in [7, 11) is 3.27. The molecule has 0 aliphatic carbocycles. The van der Waals surface area contributed by atoms with Crippen molar-refractivity contribution in [1.29, 1.82) is 0 Å². The van der Waals surface area contributed by atoms with Gasteiger partial charge in [-0.05, 0) is 12.1 Å². The van der Waals surface area contributed by atoms with E-state index in [1.807, 2.05) is 18.2 Å². The van der Waals surface area contributed by atoms with Crippen molar-refractivity contribution in [1.82, 2.24) is 0 Å². The van der Waals surface area contributed by atoms with Gasteiger partial charge in [0.15, 0.2) is 11.3 Å². The first-order valence-corrected chi connectivity index (χ1v) is 7.13. The summed E-state index contributed by atoms with van der Waals surface area (Å²) in [4.78, 5) is 12.1. The van der Waals surface area contributed by atoms with Crippen molar-refractivity contribution in [2.75, 3.05) is 19.5 Å². The predicted molar refractivity (Wildman–Crippen MR) is 82.6 cm³/mol. The summed E-state index contributed by atoms with van der Waals surface area (Å²) < 4.78 is 11.1. The third kappa shape index (κ3) is 2.13. The molecule has 2 heterocycles. The van der Waals surface area contributed by atoms with Gasteiger partial charge in [0, 0.05) is 17.8 Å². The molecule has 0 aliphatic heterocycles. The van der Waals surface area contributed by atoms with E-state index < -0.39 is 5.97 Å². The van der Waals surface area contributed by atoms with Gasteiger partial charge in [-0.3, -0.25) is 0 Å². The highest BCUT2D eigenvalue weighted by Crippen LogP contribution is 2.40. The number of ether oxygens (including phenoxy) is 1. The summed E-state index contributed by atoms with van der Waals surface area (Å²) >= 11 is 1.33. The number of hydrogen-bond acceptors (Lipinski definition) is 5. The number of aromatic carboxylic acids is 1. The first-order chi connectivity index (χ1) is 10.2. The van der Waals surface area contributed by atoms with Crippen molar-refractivity contribution in [3.63, 3.8) is 0 Å². The molecule has 2 aromatic heterocycles. The summed E-state index contributed by atoms with van der Waals surface area (Å²) in [5.74, 6) is 0.169. The van der Waals surface area contributed by atoms with Crippen LogP contribution in [0.3, 0.4) is 0 Å². The molecule has 21 heavy (non-hydrogen) atoms. The van der Waals surface area contributed by atoms with Gasteiger partial charge in [-0.15, -0.1) is 11.3 Å². The molecule has 0 unspecified atom stereocenters. The van der Waals surface area contributed by atoms with E-state index in [1.165, 1.54) is 11.3 Å². The van der Waals surface area contributed by atoms with Crippen molar-refractivity contribution < 1.29 is 19.1 Å². The van der Waals surface area contributed by atoms with Gasteiger partial charge < -0.3 is 19.6 Å². The lowest BCUT2D eigenvalue weighted by Gasteiger charge is -2.00. The Morgan fingerprint density at radius 2 is 2.24 bits per heavy atom. The normalized spacial score (nSPS) is 10.8. The fraction of sp³-hybridized carbons (Fsp3) is 0.133. The van der Waals surface area contributed by atoms with E-state index >= 15 is 0 Å². The molecule has 0 atom stereocenters. The van der Waals surface area contributed by atoms with Crippen LogP contribution >= 0.6 is 11.3 Å². The zero-order valence-electron chi connectivity index (χ0n) is 11.5. The minimum absolute atomic E-state index is 0.223. The number of nitrogens with one attached hydrogen (secondary N) is 1. The fourth-order valence-electron chi connectivity index (χ4n) is 2.24. The SMILES string of the molecule is CNc1csc(-c2cc3cccc(OC)c3o2)c1C(=O)O. The molecule has 0 saturated heterocycles. The number of hydrogen-bond donors (Lipinski definition) is 2. The van der Waals surface area contributed by atoms with Crippen LogP contribution in [0.2, 0.25) is 0 Å². The topological polar surface area (TPSA) is 71.7 Å². The van der Waals surface area contributed by atoms with Crippen LogP contribution in [0, 0.1) is 0 Å². The van der Waals surface area contributed by atoms with E-state index in [2.05, 4.69) is 5.32 Å². The number of benzene rings is 1. The van der Waals surface area contributed by atoms with Crippen LogP contribution in [0.15, 0.2) is 34.1 Å². The second-order valence-corrected chi connectivity index (χ2v) is 5.28. The van der Waals surface area contributed by atoms with Gasteiger partial charge in [-0.2, -0.15) is 0 Å². The largest absolute Gasteiger partial charge is 0.493 e. The highest BCUT2D eigenvalue weighted by Gasteiger charge is 2.22. The summed E-state index contributed by atoms with van der Waals surface area (Å²) in [5.41, 5.74) is 1.42. The van der Waals surface area contributed by atoms with Crippen LogP contribution in [0.4, 0.5) is 5.69 Å². The quantitative estimate of drug-likeness (QED) is 0.764. The third-order valence-corrected chi connectivity index (χ3v) is 4.22. The number of carboxylic acids is 1. The molecule has 3 aromatic rings. The Bertz CT molecular complexity index is 818. The Kier molecular flexibility index (Phi) is 3.31. The van der Waals surface area contributed by atoms with Gasteiger partial charge in [-0.25, -0.2) is 4.79 Å². The molecule has 6 heteroatoms. The molecule has 0 aliphatic rings. The monoisotopic (exact) mass is 303 g/mol. The second kappa shape index (κ2) is 5.14. The number of anilines is 1. The van der Waals surface area contributed by atoms with E-state index in [4.69, 9.17) is 9.15 Å². The van der Waals surface area contributed by atoms with Crippen molar-refractivity contribution in [2.24, 2.45) is 0 Å². The second-order valence-electron chi connectivity index (χ2n) is 4.40. The predicted octanol–water partition coefficient (Wildman–Crippen LogP) is 3.91. The maximum absolute atomic E-state index is 11.5. The number of methoxy groups -OCH3 is 1. The van der Waals surface area contributed by atoms with Crippen molar-refractivity contribution in [3.8, 4) is 16.4 Å². The maximum atomic E-state index is 11.5. The van der Waals surface area contributed by atoms with Crippen LogP contribution in [-0.4, -0.2) is 25.2 Å². The van der Waals surface area contributed by atoms with E-state index in [-0.39, 0.29) is 5.56 Å². The molecule has 0 spiro atoms. The number of para-hydroxylation sites is 1. The number of carbonyl (C=O) groups is 1. The number of furan rings is 1. The molecule has 0 bridgehead atoms. The molecule has 0 saturated carbocycles. The zero-order chi connectivity index (χ0) is 15.0.